The van der Waals surface area contributed by atoms with Crippen LogP contribution in [0.15, 0.2) is 30.3 Å². The summed E-state index contributed by atoms with van der Waals surface area (Å²) in [5.74, 6) is -0.328. The van der Waals surface area contributed by atoms with Crippen LogP contribution in [0.1, 0.15) is 5.56 Å². The molecule has 0 aliphatic carbocycles. The van der Waals surface area contributed by atoms with Gasteiger partial charge in [0, 0.05) is 19.5 Å². The van der Waals surface area contributed by atoms with Crippen molar-refractivity contribution in [2.45, 2.75) is 18.6 Å². The third kappa shape index (κ3) is 3.05. The summed E-state index contributed by atoms with van der Waals surface area (Å²) in [6.45, 7) is 0.657. The van der Waals surface area contributed by atoms with Crippen LogP contribution in [0.5, 0.6) is 0 Å². The van der Waals surface area contributed by atoms with Gasteiger partial charge in [0.1, 0.15) is 6.10 Å². The highest BCUT2D eigenvalue weighted by molar-refractivity contribution is 5.82. The molecule has 4 heteroatoms. The lowest BCUT2D eigenvalue weighted by Gasteiger charge is -2.37. The molecule has 0 unspecified atom stereocenters. The van der Waals surface area contributed by atoms with Crippen LogP contribution in [0, 0.1) is 6.42 Å². The van der Waals surface area contributed by atoms with Crippen LogP contribution in [0.4, 0.5) is 0 Å². The summed E-state index contributed by atoms with van der Waals surface area (Å²) in [7, 11) is 0. The molecule has 0 spiro atoms. The van der Waals surface area contributed by atoms with Crippen LogP contribution in [0.2, 0.25) is 0 Å². The Morgan fingerprint density at radius 3 is 2.65 bits per heavy atom. The van der Waals surface area contributed by atoms with E-state index in [1.165, 1.54) is 4.90 Å². The standard InChI is InChI=1S/C13H16NO3/c15-11-8-14(9-11)13(17)12(16)7-6-10-4-2-1-3-5-10/h1-5,7,11-12,15-16H,6,8-9H2/t12-/m1/s1. The number of aliphatic hydroxyl groups excluding tert-OH is 2. The van der Waals surface area contributed by atoms with Crippen molar-refractivity contribution in [3.63, 3.8) is 0 Å². The number of carbonyl (C=O) groups excluding carboxylic acids is 1. The fraction of sp³-hybridized carbons (Fsp3) is 0.385. The first-order valence-electron chi connectivity index (χ1n) is 5.69. The summed E-state index contributed by atoms with van der Waals surface area (Å²) < 4.78 is 0. The Morgan fingerprint density at radius 2 is 2.06 bits per heavy atom. The summed E-state index contributed by atoms with van der Waals surface area (Å²) in [4.78, 5) is 13.1. The van der Waals surface area contributed by atoms with E-state index in [0.29, 0.717) is 19.5 Å². The molecular formula is C13H16NO3. The summed E-state index contributed by atoms with van der Waals surface area (Å²) in [6, 6.07) is 9.65. The van der Waals surface area contributed by atoms with Gasteiger partial charge in [-0.05, 0) is 12.0 Å². The highest BCUT2D eigenvalue weighted by Gasteiger charge is 2.32. The molecule has 1 heterocycles. The van der Waals surface area contributed by atoms with Crippen LogP contribution >= 0.6 is 0 Å². The topological polar surface area (TPSA) is 60.8 Å². The van der Waals surface area contributed by atoms with E-state index in [-0.39, 0.29) is 5.91 Å². The molecule has 91 valence electrons. The van der Waals surface area contributed by atoms with Gasteiger partial charge in [0.2, 0.25) is 0 Å². The molecule has 4 nitrogen and oxygen atoms in total. The van der Waals surface area contributed by atoms with E-state index in [2.05, 4.69) is 0 Å². The van der Waals surface area contributed by atoms with Gasteiger partial charge in [0.25, 0.3) is 5.91 Å². The van der Waals surface area contributed by atoms with Crippen molar-refractivity contribution < 1.29 is 15.0 Å². The Kier molecular flexibility index (Phi) is 3.76. The fourth-order valence-corrected chi connectivity index (χ4v) is 1.78. The van der Waals surface area contributed by atoms with Crippen molar-refractivity contribution in [1.82, 2.24) is 4.90 Å². The number of carbonyl (C=O) groups is 1. The molecule has 1 fully saturated rings. The monoisotopic (exact) mass is 234 g/mol. The summed E-state index contributed by atoms with van der Waals surface area (Å²) in [6.07, 6.45) is 0.634. The molecule has 1 amide bonds. The highest BCUT2D eigenvalue weighted by atomic mass is 16.3. The van der Waals surface area contributed by atoms with Gasteiger partial charge >= 0.3 is 0 Å². The van der Waals surface area contributed by atoms with Crippen molar-refractivity contribution in [1.29, 1.82) is 0 Å². The largest absolute Gasteiger partial charge is 0.389 e. The number of benzene rings is 1. The van der Waals surface area contributed by atoms with Gasteiger partial charge in [-0.1, -0.05) is 30.3 Å². The highest BCUT2D eigenvalue weighted by Crippen LogP contribution is 2.12. The molecule has 1 atom stereocenters. The van der Waals surface area contributed by atoms with Gasteiger partial charge in [-0.3, -0.25) is 4.79 Å². The predicted molar refractivity (Wildman–Crippen MR) is 63.0 cm³/mol. The summed E-state index contributed by atoms with van der Waals surface area (Å²) in [5, 5.41) is 18.7. The lowest BCUT2D eigenvalue weighted by molar-refractivity contribution is -0.148. The van der Waals surface area contributed by atoms with Crippen LogP contribution in [-0.2, 0) is 11.2 Å². The normalized spacial score (nSPS) is 17.6. The number of amides is 1. The number of hydrogen-bond donors (Lipinski definition) is 2. The number of hydrogen-bond acceptors (Lipinski definition) is 3. The van der Waals surface area contributed by atoms with Crippen molar-refractivity contribution in [3.8, 4) is 0 Å². The smallest absolute Gasteiger partial charge is 0.251 e. The lowest BCUT2D eigenvalue weighted by Crippen LogP contribution is -2.56. The first kappa shape index (κ1) is 12.1. The van der Waals surface area contributed by atoms with Crippen molar-refractivity contribution in [2.75, 3.05) is 13.1 Å². The van der Waals surface area contributed by atoms with E-state index in [4.69, 9.17) is 5.11 Å². The second-order valence-electron chi connectivity index (χ2n) is 4.27. The maximum absolute atomic E-state index is 11.6. The molecular weight excluding hydrogens is 218 g/mol. The first-order chi connectivity index (χ1) is 8.16. The average Bonchev–Trinajstić information content (AvgIpc) is 2.32. The minimum atomic E-state index is -1.08. The molecule has 0 saturated carbocycles. The molecule has 2 rings (SSSR count). The average molecular weight is 234 g/mol. The molecule has 2 N–H and O–H groups in total. The molecule has 1 radical (unpaired) electrons. The van der Waals surface area contributed by atoms with Crippen molar-refractivity contribution in [2.24, 2.45) is 0 Å². The molecule has 17 heavy (non-hydrogen) atoms. The quantitative estimate of drug-likeness (QED) is 0.770. The van der Waals surface area contributed by atoms with Gasteiger partial charge in [0.15, 0.2) is 0 Å². The third-order valence-electron chi connectivity index (χ3n) is 2.85. The number of likely N-dealkylation sites (tertiary alicyclic amines) is 1. The number of nitrogens with zero attached hydrogens (tertiary/aromatic N) is 1. The Bertz CT molecular complexity index is 374. The molecule has 1 aromatic rings. The van der Waals surface area contributed by atoms with Gasteiger partial charge in [0.05, 0.1) is 6.10 Å². The number of rotatable bonds is 4. The zero-order valence-electron chi connectivity index (χ0n) is 9.49. The van der Waals surface area contributed by atoms with Gasteiger partial charge in [-0.15, -0.1) is 0 Å². The van der Waals surface area contributed by atoms with Gasteiger partial charge in [-0.2, -0.15) is 0 Å². The zero-order chi connectivity index (χ0) is 12.3. The Labute approximate surface area is 100 Å². The maximum atomic E-state index is 11.6. The number of aliphatic hydroxyl groups is 2. The number of β-amino-alcohol motifs (C(OH)–C–C–N with tert-alkyl or cyclic N) is 1. The molecule has 1 aliphatic heterocycles. The van der Waals surface area contributed by atoms with E-state index in [9.17, 15) is 9.90 Å². The Morgan fingerprint density at radius 1 is 1.41 bits per heavy atom. The van der Waals surface area contributed by atoms with Crippen molar-refractivity contribution >= 4 is 5.91 Å². The van der Waals surface area contributed by atoms with E-state index in [1.54, 1.807) is 6.42 Å². The van der Waals surface area contributed by atoms with Crippen molar-refractivity contribution in [3.05, 3.63) is 42.3 Å². The van der Waals surface area contributed by atoms with Crippen LogP contribution < -0.4 is 0 Å². The summed E-state index contributed by atoms with van der Waals surface area (Å²) in [5.41, 5.74) is 1.06. The Hall–Kier alpha value is -1.39. The minimum absolute atomic E-state index is 0.328. The molecule has 1 aromatic carbocycles. The van der Waals surface area contributed by atoms with E-state index in [1.807, 2.05) is 30.3 Å². The first-order valence-corrected chi connectivity index (χ1v) is 5.69. The molecule has 0 aromatic heterocycles. The van der Waals surface area contributed by atoms with E-state index < -0.39 is 12.2 Å². The molecule has 0 bridgehead atoms. The minimum Gasteiger partial charge on any atom is -0.389 e. The third-order valence-corrected chi connectivity index (χ3v) is 2.85. The maximum Gasteiger partial charge on any atom is 0.251 e. The van der Waals surface area contributed by atoms with Crippen LogP contribution in [0.25, 0.3) is 0 Å². The SMILES string of the molecule is O=C([C@H](O)[CH]Cc1ccccc1)N1CC(O)C1. The van der Waals surface area contributed by atoms with Crippen LogP contribution in [0.3, 0.4) is 0 Å². The van der Waals surface area contributed by atoms with E-state index >= 15 is 0 Å². The second-order valence-corrected chi connectivity index (χ2v) is 4.27. The van der Waals surface area contributed by atoms with Gasteiger partial charge in [-0.25, -0.2) is 0 Å². The lowest BCUT2D eigenvalue weighted by atomic mass is 10.0. The Balaban J connectivity index is 1.77. The van der Waals surface area contributed by atoms with Gasteiger partial charge < -0.3 is 15.1 Å². The zero-order valence-corrected chi connectivity index (χ0v) is 9.49. The van der Waals surface area contributed by atoms with Crippen LogP contribution in [-0.4, -0.2) is 46.3 Å². The summed E-state index contributed by atoms with van der Waals surface area (Å²) >= 11 is 0. The fourth-order valence-electron chi connectivity index (χ4n) is 1.78. The molecule has 1 aliphatic rings. The molecule has 1 saturated heterocycles. The van der Waals surface area contributed by atoms with E-state index in [0.717, 1.165) is 5.56 Å². The predicted octanol–water partition coefficient (Wildman–Crippen LogP) is -0.00261. The second kappa shape index (κ2) is 5.29.